The third-order valence-electron chi connectivity index (χ3n) is 4.11. The second kappa shape index (κ2) is 6.53. The summed E-state index contributed by atoms with van der Waals surface area (Å²) in [6.07, 6.45) is 1.85. The van der Waals surface area contributed by atoms with Gasteiger partial charge in [-0.3, -0.25) is 0 Å². The highest BCUT2D eigenvalue weighted by molar-refractivity contribution is 5.52. The van der Waals surface area contributed by atoms with Gasteiger partial charge in [-0.1, -0.05) is 44.2 Å². The number of benzene rings is 2. The van der Waals surface area contributed by atoms with Crippen LogP contribution < -0.4 is 0 Å². The summed E-state index contributed by atoms with van der Waals surface area (Å²) in [6.45, 7) is 4.23. The zero-order valence-electron chi connectivity index (χ0n) is 12.5. The highest BCUT2D eigenvalue weighted by Gasteiger charge is 2.23. The molecule has 0 spiro atoms. The van der Waals surface area contributed by atoms with Crippen molar-refractivity contribution in [2.45, 2.75) is 38.5 Å². The van der Waals surface area contributed by atoms with E-state index in [4.69, 9.17) is 0 Å². The zero-order chi connectivity index (χ0) is 15.4. The summed E-state index contributed by atoms with van der Waals surface area (Å²) >= 11 is 0. The summed E-state index contributed by atoms with van der Waals surface area (Å²) in [5, 5.41) is 29.0. The molecule has 3 nitrogen and oxygen atoms in total. The molecule has 0 bridgehead atoms. The van der Waals surface area contributed by atoms with Crippen LogP contribution in [0.2, 0.25) is 0 Å². The molecule has 21 heavy (non-hydrogen) atoms. The predicted octanol–water partition coefficient (Wildman–Crippen LogP) is 4.49. The molecule has 0 saturated carbocycles. The maximum atomic E-state index is 9.74. The summed E-state index contributed by atoms with van der Waals surface area (Å²) in [5.41, 5.74) is 2.10. The van der Waals surface area contributed by atoms with E-state index in [0.29, 0.717) is 5.92 Å². The first kappa shape index (κ1) is 15.2. The SMILES string of the molecule is CC[C@H](c1ccccc1)[C@H](CC)c1cc(O)c(O)c(O)c1. The number of hydrogen-bond donors (Lipinski definition) is 3. The Morgan fingerprint density at radius 1 is 0.762 bits per heavy atom. The third-order valence-corrected chi connectivity index (χ3v) is 4.11. The molecule has 2 aromatic rings. The molecule has 0 saturated heterocycles. The Morgan fingerprint density at radius 2 is 1.24 bits per heavy atom. The molecule has 0 amide bonds. The minimum atomic E-state index is -0.457. The number of phenolic OH excluding ortho intramolecular Hbond substituents is 3. The van der Waals surface area contributed by atoms with Gasteiger partial charge in [0, 0.05) is 0 Å². The molecule has 2 aromatic carbocycles. The fourth-order valence-electron chi connectivity index (χ4n) is 3.04. The maximum Gasteiger partial charge on any atom is 0.200 e. The minimum absolute atomic E-state index is 0.176. The zero-order valence-corrected chi connectivity index (χ0v) is 12.5. The van der Waals surface area contributed by atoms with Gasteiger partial charge in [0.15, 0.2) is 17.2 Å². The van der Waals surface area contributed by atoms with Crippen molar-refractivity contribution in [2.75, 3.05) is 0 Å². The Bertz CT molecular complexity index is 570. The van der Waals surface area contributed by atoms with E-state index >= 15 is 0 Å². The van der Waals surface area contributed by atoms with Gasteiger partial charge in [-0.25, -0.2) is 0 Å². The molecule has 0 heterocycles. The minimum Gasteiger partial charge on any atom is -0.504 e. The molecule has 0 aliphatic heterocycles. The molecule has 0 fully saturated rings. The lowest BCUT2D eigenvalue weighted by atomic mass is 9.78. The van der Waals surface area contributed by atoms with Crippen molar-refractivity contribution >= 4 is 0 Å². The molecule has 0 unspecified atom stereocenters. The van der Waals surface area contributed by atoms with Gasteiger partial charge in [0.1, 0.15) is 0 Å². The van der Waals surface area contributed by atoms with Gasteiger partial charge in [0.2, 0.25) is 0 Å². The monoisotopic (exact) mass is 286 g/mol. The molecular weight excluding hydrogens is 264 g/mol. The molecule has 112 valence electrons. The molecule has 0 aliphatic carbocycles. The van der Waals surface area contributed by atoms with Gasteiger partial charge in [-0.05, 0) is 47.9 Å². The van der Waals surface area contributed by atoms with Gasteiger partial charge >= 0.3 is 0 Å². The molecule has 3 N–H and O–H groups in total. The highest BCUT2D eigenvalue weighted by atomic mass is 16.3. The van der Waals surface area contributed by atoms with Crippen LogP contribution in [0.25, 0.3) is 0 Å². The maximum absolute atomic E-state index is 9.74. The van der Waals surface area contributed by atoms with Crippen LogP contribution in [0, 0.1) is 0 Å². The quantitative estimate of drug-likeness (QED) is 0.710. The smallest absolute Gasteiger partial charge is 0.200 e. The number of hydrogen-bond acceptors (Lipinski definition) is 3. The van der Waals surface area contributed by atoms with Crippen molar-refractivity contribution in [2.24, 2.45) is 0 Å². The van der Waals surface area contributed by atoms with Gasteiger partial charge in [0.05, 0.1) is 0 Å². The van der Waals surface area contributed by atoms with E-state index < -0.39 is 5.75 Å². The first-order chi connectivity index (χ1) is 10.1. The van der Waals surface area contributed by atoms with E-state index in [2.05, 4.69) is 26.0 Å². The average molecular weight is 286 g/mol. The van der Waals surface area contributed by atoms with Crippen molar-refractivity contribution in [3.63, 3.8) is 0 Å². The van der Waals surface area contributed by atoms with Crippen LogP contribution in [-0.4, -0.2) is 15.3 Å². The van der Waals surface area contributed by atoms with E-state index in [1.807, 2.05) is 18.2 Å². The van der Waals surface area contributed by atoms with Gasteiger partial charge in [-0.15, -0.1) is 0 Å². The van der Waals surface area contributed by atoms with Crippen LogP contribution in [0.1, 0.15) is 49.7 Å². The van der Waals surface area contributed by atoms with E-state index in [9.17, 15) is 15.3 Å². The first-order valence-corrected chi connectivity index (χ1v) is 7.38. The van der Waals surface area contributed by atoms with Crippen molar-refractivity contribution in [3.8, 4) is 17.2 Å². The Labute approximate surface area is 125 Å². The molecule has 3 heteroatoms. The summed E-state index contributed by atoms with van der Waals surface area (Å²) in [7, 11) is 0. The van der Waals surface area contributed by atoms with Crippen LogP contribution in [0.3, 0.4) is 0 Å². The first-order valence-electron chi connectivity index (χ1n) is 7.38. The van der Waals surface area contributed by atoms with E-state index in [1.54, 1.807) is 12.1 Å². The van der Waals surface area contributed by atoms with Crippen LogP contribution in [0.4, 0.5) is 0 Å². The Kier molecular flexibility index (Phi) is 4.73. The lowest BCUT2D eigenvalue weighted by Crippen LogP contribution is -2.10. The van der Waals surface area contributed by atoms with Crippen LogP contribution in [0.5, 0.6) is 17.2 Å². The van der Waals surface area contributed by atoms with Crippen LogP contribution >= 0.6 is 0 Å². The van der Waals surface area contributed by atoms with Crippen molar-refractivity contribution < 1.29 is 15.3 Å². The highest BCUT2D eigenvalue weighted by Crippen LogP contribution is 2.43. The second-order valence-corrected chi connectivity index (χ2v) is 5.35. The Morgan fingerprint density at radius 3 is 1.71 bits per heavy atom. The van der Waals surface area contributed by atoms with Crippen molar-refractivity contribution in [1.82, 2.24) is 0 Å². The van der Waals surface area contributed by atoms with Crippen molar-refractivity contribution in [3.05, 3.63) is 53.6 Å². The standard InChI is InChI=1S/C18H22O3/c1-3-14(12-8-6-5-7-9-12)15(4-2)13-10-16(19)18(21)17(20)11-13/h5-11,14-15,19-21H,3-4H2,1-2H3/t14-,15-/m1/s1. The van der Waals surface area contributed by atoms with Crippen LogP contribution in [0.15, 0.2) is 42.5 Å². The average Bonchev–Trinajstić information content (AvgIpc) is 2.50. The predicted molar refractivity (Wildman–Crippen MR) is 83.9 cm³/mol. The second-order valence-electron chi connectivity index (χ2n) is 5.35. The fourth-order valence-corrected chi connectivity index (χ4v) is 3.04. The molecule has 0 aromatic heterocycles. The van der Waals surface area contributed by atoms with E-state index in [0.717, 1.165) is 18.4 Å². The Hall–Kier alpha value is -2.16. The Balaban J connectivity index is 2.43. The topological polar surface area (TPSA) is 60.7 Å². The molecule has 0 radical (unpaired) electrons. The molecule has 0 aliphatic rings. The van der Waals surface area contributed by atoms with E-state index in [-0.39, 0.29) is 17.4 Å². The summed E-state index contributed by atoms with van der Waals surface area (Å²) in [6, 6.07) is 13.4. The van der Waals surface area contributed by atoms with E-state index in [1.165, 1.54) is 5.56 Å². The van der Waals surface area contributed by atoms with Crippen molar-refractivity contribution in [1.29, 1.82) is 0 Å². The van der Waals surface area contributed by atoms with Gasteiger partial charge < -0.3 is 15.3 Å². The molecule has 2 atom stereocenters. The molecular formula is C18H22O3. The summed E-state index contributed by atoms with van der Waals surface area (Å²) < 4.78 is 0. The van der Waals surface area contributed by atoms with Gasteiger partial charge in [0.25, 0.3) is 0 Å². The third kappa shape index (κ3) is 3.13. The number of phenols is 3. The number of rotatable bonds is 5. The lowest BCUT2D eigenvalue weighted by molar-refractivity contribution is 0.365. The lowest BCUT2D eigenvalue weighted by Gasteiger charge is -2.26. The summed E-state index contributed by atoms with van der Waals surface area (Å²) in [5.74, 6) is -0.520. The fraction of sp³-hybridized carbons (Fsp3) is 0.333. The van der Waals surface area contributed by atoms with Crippen LogP contribution in [-0.2, 0) is 0 Å². The van der Waals surface area contributed by atoms with Gasteiger partial charge in [-0.2, -0.15) is 0 Å². The normalized spacial score (nSPS) is 13.8. The molecule has 2 rings (SSSR count). The largest absolute Gasteiger partial charge is 0.504 e. The summed E-state index contributed by atoms with van der Waals surface area (Å²) in [4.78, 5) is 0. The number of aromatic hydroxyl groups is 3.